The van der Waals surface area contributed by atoms with Gasteiger partial charge in [0.05, 0.1) is 5.60 Å². The smallest absolute Gasteiger partial charge is 0.302 e. The normalized spacial score (nSPS) is 49.7. The third-order valence-corrected chi connectivity index (χ3v) is 9.80. The highest BCUT2D eigenvalue weighted by molar-refractivity contribution is 5.66. The summed E-state index contributed by atoms with van der Waals surface area (Å²) < 4.78 is 5.59. The van der Waals surface area contributed by atoms with Crippen LogP contribution in [0.1, 0.15) is 92.4 Å². The summed E-state index contributed by atoms with van der Waals surface area (Å²) >= 11 is 0. The fourth-order valence-corrected chi connectivity index (χ4v) is 8.72. The Kier molecular flexibility index (Phi) is 4.73. The molecule has 0 heterocycles. The van der Waals surface area contributed by atoms with Gasteiger partial charge in [-0.05, 0) is 112 Å². The van der Waals surface area contributed by atoms with E-state index < -0.39 is 5.60 Å². The molecule has 4 saturated carbocycles. The van der Waals surface area contributed by atoms with Crippen molar-refractivity contribution in [3.8, 4) is 0 Å². The zero-order valence-electron chi connectivity index (χ0n) is 18.1. The second kappa shape index (κ2) is 6.47. The first-order valence-electron chi connectivity index (χ1n) is 11.5. The maximum Gasteiger partial charge on any atom is 0.302 e. The number of fused-ring (bicyclic) bond motifs is 5. The predicted octanol–water partition coefficient (Wildman–Crippen LogP) is 5.35. The molecule has 0 amide bonds. The van der Waals surface area contributed by atoms with Crippen LogP contribution in [0, 0.1) is 40.4 Å². The molecule has 0 radical (unpaired) electrons. The third kappa shape index (κ3) is 3.07. The summed E-state index contributed by atoms with van der Waals surface area (Å²) in [6.07, 6.45) is 11.3. The standard InChI is InChI=1S/C24H40O3/c1-15(25)27-17-10-12-23(4)16(14-17)6-7-18-19-8-9-21(22(2,3)26)24(19,5)13-11-20(18)23/h16-21,26H,6-14H2,1-5H3/t16?,17?,18-,19-,20-,21+,23-,24-/m0/s1. The highest BCUT2D eigenvalue weighted by Crippen LogP contribution is 2.68. The van der Waals surface area contributed by atoms with Crippen LogP contribution in [-0.4, -0.2) is 22.8 Å². The first kappa shape index (κ1) is 19.7. The molecule has 0 aromatic heterocycles. The van der Waals surface area contributed by atoms with Crippen LogP contribution in [0.5, 0.6) is 0 Å². The lowest BCUT2D eigenvalue weighted by molar-refractivity contribution is -0.163. The molecule has 4 fully saturated rings. The van der Waals surface area contributed by atoms with E-state index in [0.717, 1.165) is 30.6 Å². The van der Waals surface area contributed by atoms with Crippen molar-refractivity contribution < 1.29 is 14.6 Å². The molecule has 0 saturated heterocycles. The summed E-state index contributed by atoms with van der Waals surface area (Å²) in [7, 11) is 0. The van der Waals surface area contributed by atoms with Gasteiger partial charge in [-0.3, -0.25) is 4.79 Å². The van der Waals surface area contributed by atoms with Gasteiger partial charge in [0.25, 0.3) is 0 Å². The second-order valence-electron chi connectivity index (χ2n) is 11.5. The molecule has 3 nitrogen and oxygen atoms in total. The van der Waals surface area contributed by atoms with E-state index in [0.29, 0.717) is 22.7 Å². The minimum absolute atomic E-state index is 0.116. The topological polar surface area (TPSA) is 46.5 Å². The number of hydrogen-bond acceptors (Lipinski definition) is 3. The van der Waals surface area contributed by atoms with Crippen LogP contribution in [0.4, 0.5) is 0 Å². The van der Waals surface area contributed by atoms with Crippen LogP contribution in [0.15, 0.2) is 0 Å². The monoisotopic (exact) mass is 376 g/mol. The van der Waals surface area contributed by atoms with Crippen LogP contribution in [0.25, 0.3) is 0 Å². The van der Waals surface area contributed by atoms with Crippen LogP contribution in [0.2, 0.25) is 0 Å². The van der Waals surface area contributed by atoms with Gasteiger partial charge in [0.15, 0.2) is 0 Å². The number of aliphatic hydroxyl groups is 1. The van der Waals surface area contributed by atoms with E-state index in [2.05, 4.69) is 13.8 Å². The predicted molar refractivity (Wildman–Crippen MR) is 107 cm³/mol. The lowest BCUT2D eigenvalue weighted by Gasteiger charge is -2.61. The van der Waals surface area contributed by atoms with Gasteiger partial charge in [-0.25, -0.2) is 0 Å². The van der Waals surface area contributed by atoms with Gasteiger partial charge in [-0.2, -0.15) is 0 Å². The van der Waals surface area contributed by atoms with E-state index in [-0.39, 0.29) is 12.1 Å². The van der Waals surface area contributed by atoms with Crippen molar-refractivity contribution in [2.45, 2.75) is 104 Å². The van der Waals surface area contributed by atoms with Gasteiger partial charge in [-0.15, -0.1) is 0 Å². The van der Waals surface area contributed by atoms with Crippen LogP contribution >= 0.6 is 0 Å². The number of carbonyl (C=O) groups excluding carboxylic acids is 1. The van der Waals surface area contributed by atoms with Crippen molar-refractivity contribution >= 4 is 5.97 Å². The Morgan fingerprint density at radius 3 is 2.30 bits per heavy atom. The van der Waals surface area contributed by atoms with Gasteiger partial charge < -0.3 is 9.84 Å². The molecule has 1 N–H and O–H groups in total. The van der Waals surface area contributed by atoms with E-state index in [1.165, 1.54) is 44.9 Å². The van der Waals surface area contributed by atoms with Crippen molar-refractivity contribution in [2.24, 2.45) is 40.4 Å². The summed E-state index contributed by atoms with van der Waals surface area (Å²) in [4.78, 5) is 11.4. The molecule has 4 aliphatic rings. The van der Waals surface area contributed by atoms with E-state index in [4.69, 9.17) is 4.74 Å². The molecule has 4 rings (SSSR count). The van der Waals surface area contributed by atoms with Gasteiger partial charge in [0.2, 0.25) is 0 Å². The molecule has 0 aliphatic heterocycles. The minimum atomic E-state index is -0.556. The van der Waals surface area contributed by atoms with Gasteiger partial charge in [0.1, 0.15) is 6.10 Å². The molecule has 8 atom stereocenters. The zero-order valence-corrected chi connectivity index (χ0v) is 18.1. The second-order valence-corrected chi connectivity index (χ2v) is 11.5. The van der Waals surface area contributed by atoms with Crippen molar-refractivity contribution in [1.29, 1.82) is 0 Å². The van der Waals surface area contributed by atoms with Gasteiger partial charge in [-0.1, -0.05) is 13.8 Å². The Hall–Kier alpha value is -0.570. The summed E-state index contributed by atoms with van der Waals surface area (Å²) in [6, 6.07) is 0. The Balaban J connectivity index is 1.54. The van der Waals surface area contributed by atoms with Gasteiger partial charge in [0, 0.05) is 6.92 Å². The van der Waals surface area contributed by atoms with Crippen molar-refractivity contribution in [3.05, 3.63) is 0 Å². The fourth-order valence-electron chi connectivity index (χ4n) is 8.72. The Labute approximate surface area is 165 Å². The molecular formula is C24H40O3. The first-order chi connectivity index (χ1) is 12.6. The quantitative estimate of drug-likeness (QED) is 0.661. The molecule has 0 bridgehead atoms. The lowest BCUT2D eigenvalue weighted by Crippen LogP contribution is -2.55. The number of carbonyl (C=O) groups is 1. The molecule has 0 aromatic rings. The number of ether oxygens (including phenoxy) is 1. The summed E-state index contributed by atoms with van der Waals surface area (Å²) in [5.74, 6) is 3.50. The van der Waals surface area contributed by atoms with Crippen LogP contribution in [-0.2, 0) is 9.53 Å². The van der Waals surface area contributed by atoms with E-state index >= 15 is 0 Å². The Morgan fingerprint density at radius 2 is 1.63 bits per heavy atom. The molecular weight excluding hydrogens is 336 g/mol. The van der Waals surface area contributed by atoms with E-state index in [9.17, 15) is 9.90 Å². The molecule has 154 valence electrons. The summed E-state index contributed by atoms with van der Waals surface area (Å²) in [5.41, 5.74) is 0.185. The molecule has 27 heavy (non-hydrogen) atoms. The average molecular weight is 377 g/mol. The molecule has 2 unspecified atom stereocenters. The van der Waals surface area contributed by atoms with Crippen molar-refractivity contribution in [3.63, 3.8) is 0 Å². The number of esters is 1. The Bertz CT molecular complexity index is 593. The van der Waals surface area contributed by atoms with Crippen LogP contribution in [0.3, 0.4) is 0 Å². The first-order valence-corrected chi connectivity index (χ1v) is 11.5. The summed E-state index contributed by atoms with van der Waals surface area (Å²) in [5, 5.41) is 10.8. The average Bonchev–Trinajstić information content (AvgIpc) is 2.92. The molecule has 4 aliphatic carbocycles. The fraction of sp³-hybridized carbons (Fsp3) is 0.958. The maximum absolute atomic E-state index is 11.4. The summed E-state index contributed by atoms with van der Waals surface area (Å²) in [6.45, 7) is 10.7. The molecule has 0 spiro atoms. The largest absolute Gasteiger partial charge is 0.463 e. The highest BCUT2D eigenvalue weighted by atomic mass is 16.5. The zero-order chi connectivity index (χ0) is 19.6. The molecule has 3 heteroatoms. The molecule has 0 aromatic carbocycles. The van der Waals surface area contributed by atoms with Crippen LogP contribution < -0.4 is 0 Å². The van der Waals surface area contributed by atoms with Gasteiger partial charge >= 0.3 is 5.97 Å². The van der Waals surface area contributed by atoms with E-state index in [1.54, 1.807) is 6.92 Å². The number of hydrogen-bond donors (Lipinski definition) is 1. The van der Waals surface area contributed by atoms with E-state index in [1.807, 2.05) is 13.8 Å². The number of rotatable bonds is 2. The minimum Gasteiger partial charge on any atom is -0.463 e. The third-order valence-electron chi connectivity index (χ3n) is 9.80. The van der Waals surface area contributed by atoms with Crippen molar-refractivity contribution in [2.75, 3.05) is 0 Å². The Morgan fingerprint density at radius 1 is 0.963 bits per heavy atom. The maximum atomic E-state index is 11.4. The SMILES string of the molecule is CC(=O)OC1CC[C@@]2(C)C(CC[C@H]3[C@@H]4CC[C@H](C(C)(C)O)[C@@]4(C)CC[C@@H]32)C1. The highest BCUT2D eigenvalue weighted by Gasteiger charge is 2.61. The van der Waals surface area contributed by atoms with Crippen molar-refractivity contribution in [1.82, 2.24) is 0 Å². The lowest BCUT2D eigenvalue weighted by atomic mass is 9.44.